The summed E-state index contributed by atoms with van der Waals surface area (Å²) in [5.74, 6) is 1.66. The van der Waals surface area contributed by atoms with Gasteiger partial charge in [0.1, 0.15) is 10.6 Å². The third-order valence-electron chi connectivity index (χ3n) is 3.99. The van der Waals surface area contributed by atoms with Gasteiger partial charge in [-0.1, -0.05) is 0 Å². The lowest BCUT2D eigenvalue weighted by Gasteiger charge is -2.24. The fourth-order valence-electron chi connectivity index (χ4n) is 2.78. The normalized spacial score (nSPS) is 17.2. The van der Waals surface area contributed by atoms with Gasteiger partial charge in [0.05, 0.1) is 5.39 Å². The van der Waals surface area contributed by atoms with Crippen LogP contribution in [0, 0.1) is 0 Å². The Hall–Kier alpha value is -1.40. The molecule has 1 aliphatic heterocycles. The van der Waals surface area contributed by atoms with E-state index in [0.717, 1.165) is 29.1 Å². The van der Waals surface area contributed by atoms with Crippen molar-refractivity contribution in [2.45, 2.75) is 32.7 Å². The van der Waals surface area contributed by atoms with Gasteiger partial charge in [-0.3, -0.25) is 4.90 Å². The lowest BCUT2D eigenvalue weighted by Crippen LogP contribution is -2.35. The number of likely N-dealkylation sites (tertiary alicyclic amines) is 1. The Morgan fingerprint density at radius 1 is 1.29 bits per heavy atom. The van der Waals surface area contributed by atoms with Gasteiger partial charge in [0.25, 0.3) is 0 Å². The molecule has 2 aromatic heterocycles. The summed E-state index contributed by atoms with van der Waals surface area (Å²) in [6.45, 7) is 8.56. The first-order valence-corrected chi connectivity index (χ1v) is 8.63. The molecule has 0 aromatic carbocycles. The molecule has 3 rings (SSSR count). The molecule has 5 nitrogen and oxygen atoms in total. The van der Waals surface area contributed by atoms with Crippen LogP contribution in [0.3, 0.4) is 0 Å². The molecule has 1 aliphatic rings. The molecule has 3 heterocycles. The van der Waals surface area contributed by atoms with Crippen LogP contribution in [0.2, 0.25) is 0 Å². The van der Waals surface area contributed by atoms with Gasteiger partial charge in [-0.15, -0.1) is 11.3 Å². The first-order valence-electron chi connectivity index (χ1n) is 7.75. The highest BCUT2D eigenvalue weighted by Gasteiger charge is 2.18. The summed E-state index contributed by atoms with van der Waals surface area (Å²) in [6, 6.07) is 2.64. The summed E-state index contributed by atoms with van der Waals surface area (Å²) in [5, 5.41) is 9.92. The maximum Gasteiger partial charge on any atom is 0.226 e. The van der Waals surface area contributed by atoms with Crippen molar-refractivity contribution in [2.75, 3.05) is 36.8 Å². The van der Waals surface area contributed by atoms with Gasteiger partial charge in [0, 0.05) is 19.1 Å². The van der Waals surface area contributed by atoms with Crippen LogP contribution in [0.15, 0.2) is 11.4 Å². The molecular formula is C15H23N5S. The standard InChI is InChI=1S/C15H23N5S/c1-3-16-15-18-13(12-6-9-21-14(12)19-15)17-10-11(2)20-7-4-5-8-20/h6,9,11H,3-5,7-8,10H2,1-2H3,(H2,16,17,18,19). The molecule has 1 fully saturated rings. The lowest BCUT2D eigenvalue weighted by atomic mass is 10.3. The van der Waals surface area contributed by atoms with E-state index in [9.17, 15) is 0 Å². The van der Waals surface area contributed by atoms with Crippen LogP contribution >= 0.6 is 11.3 Å². The van der Waals surface area contributed by atoms with Crippen molar-refractivity contribution in [1.82, 2.24) is 14.9 Å². The SMILES string of the molecule is CCNc1nc(NCC(C)N2CCCC2)c2ccsc2n1. The number of rotatable bonds is 6. The van der Waals surface area contributed by atoms with E-state index >= 15 is 0 Å². The average Bonchev–Trinajstić information content (AvgIpc) is 3.15. The van der Waals surface area contributed by atoms with Crippen molar-refractivity contribution < 1.29 is 0 Å². The molecule has 0 saturated carbocycles. The van der Waals surface area contributed by atoms with Gasteiger partial charge in [-0.05, 0) is 51.2 Å². The Labute approximate surface area is 129 Å². The van der Waals surface area contributed by atoms with E-state index in [4.69, 9.17) is 0 Å². The summed E-state index contributed by atoms with van der Waals surface area (Å²) in [7, 11) is 0. The molecule has 114 valence electrons. The van der Waals surface area contributed by atoms with Gasteiger partial charge in [-0.2, -0.15) is 4.98 Å². The maximum atomic E-state index is 4.62. The van der Waals surface area contributed by atoms with Gasteiger partial charge in [-0.25, -0.2) is 4.98 Å². The summed E-state index contributed by atoms with van der Waals surface area (Å²) in [5.41, 5.74) is 0. The van der Waals surface area contributed by atoms with Crippen molar-refractivity contribution in [3.05, 3.63) is 11.4 Å². The van der Waals surface area contributed by atoms with Crippen LogP contribution < -0.4 is 10.6 Å². The van der Waals surface area contributed by atoms with Crippen LogP contribution in [-0.4, -0.2) is 47.1 Å². The third kappa shape index (κ3) is 3.27. The molecule has 1 atom stereocenters. The molecular weight excluding hydrogens is 282 g/mol. The monoisotopic (exact) mass is 305 g/mol. The molecule has 21 heavy (non-hydrogen) atoms. The quantitative estimate of drug-likeness (QED) is 0.859. The minimum atomic E-state index is 0.540. The summed E-state index contributed by atoms with van der Waals surface area (Å²) >= 11 is 1.66. The molecule has 1 saturated heterocycles. The Bertz CT molecular complexity index is 591. The molecule has 0 aliphatic carbocycles. The van der Waals surface area contributed by atoms with Gasteiger partial charge < -0.3 is 10.6 Å². The molecule has 0 bridgehead atoms. The smallest absolute Gasteiger partial charge is 0.226 e. The molecule has 0 amide bonds. The van der Waals surface area contributed by atoms with E-state index in [1.54, 1.807) is 11.3 Å². The highest BCUT2D eigenvalue weighted by molar-refractivity contribution is 7.16. The first-order chi connectivity index (χ1) is 10.3. The Morgan fingerprint density at radius 3 is 2.86 bits per heavy atom. The highest BCUT2D eigenvalue weighted by atomic mass is 32.1. The van der Waals surface area contributed by atoms with Crippen molar-refractivity contribution >= 4 is 33.3 Å². The minimum Gasteiger partial charge on any atom is -0.368 e. The predicted molar refractivity (Wildman–Crippen MR) is 90.3 cm³/mol. The zero-order valence-electron chi connectivity index (χ0n) is 12.7. The van der Waals surface area contributed by atoms with Crippen LogP contribution in [-0.2, 0) is 0 Å². The Kier molecular flexibility index (Phi) is 4.55. The second-order valence-corrected chi connectivity index (χ2v) is 6.43. The summed E-state index contributed by atoms with van der Waals surface area (Å²) in [4.78, 5) is 12.7. The summed E-state index contributed by atoms with van der Waals surface area (Å²) in [6.07, 6.45) is 2.66. The largest absolute Gasteiger partial charge is 0.368 e. The first kappa shape index (κ1) is 14.5. The predicted octanol–water partition coefficient (Wildman–Crippen LogP) is 3.02. The molecule has 2 aromatic rings. The van der Waals surface area contributed by atoms with E-state index in [1.165, 1.54) is 25.9 Å². The molecule has 0 spiro atoms. The molecule has 6 heteroatoms. The number of hydrogen-bond donors (Lipinski definition) is 2. The number of hydrogen-bond acceptors (Lipinski definition) is 6. The van der Waals surface area contributed by atoms with Gasteiger partial charge >= 0.3 is 0 Å². The van der Waals surface area contributed by atoms with Crippen molar-refractivity contribution in [3.8, 4) is 0 Å². The van der Waals surface area contributed by atoms with Gasteiger partial charge in [0.2, 0.25) is 5.95 Å². The number of nitrogens with zero attached hydrogens (tertiary/aromatic N) is 3. The molecule has 2 N–H and O–H groups in total. The number of thiophene rings is 1. The van der Waals surface area contributed by atoms with E-state index in [1.807, 2.05) is 0 Å². The number of aromatic nitrogens is 2. The van der Waals surface area contributed by atoms with Crippen LogP contribution in [0.5, 0.6) is 0 Å². The van der Waals surface area contributed by atoms with Crippen molar-refractivity contribution in [3.63, 3.8) is 0 Å². The minimum absolute atomic E-state index is 0.540. The van der Waals surface area contributed by atoms with E-state index in [2.05, 4.69) is 50.8 Å². The Morgan fingerprint density at radius 2 is 2.10 bits per heavy atom. The second-order valence-electron chi connectivity index (χ2n) is 5.54. The topological polar surface area (TPSA) is 53.1 Å². The number of fused-ring (bicyclic) bond motifs is 1. The van der Waals surface area contributed by atoms with Crippen LogP contribution in [0.4, 0.5) is 11.8 Å². The maximum absolute atomic E-state index is 4.62. The summed E-state index contributed by atoms with van der Waals surface area (Å²) < 4.78 is 0. The van der Waals surface area contributed by atoms with E-state index in [0.29, 0.717) is 12.0 Å². The zero-order chi connectivity index (χ0) is 14.7. The number of nitrogens with one attached hydrogen (secondary N) is 2. The second kappa shape index (κ2) is 6.58. The fourth-order valence-corrected chi connectivity index (χ4v) is 3.55. The zero-order valence-corrected chi connectivity index (χ0v) is 13.5. The molecule has 1 unspecified atom stereocenters. The average molecular weight is 305 g/mol. The highest BCUT2D eigenvalue weighted by Crippen LogP contribution is 2.26. The van der Waals surface area contributed by atoms with Crippen LogP contribution in [0.25, 0.3) is 10.2 Å². The van der Waals surface area contributed by atoms with E-state index < -0.39 is 0 Å². The third-order valence-corrected chi connectivity index (χ3v) is 4.80. The lowest BCUT2D eigenvalue weighted by molar-refractivity contribution is 0.269. The Balaban J connectivity index is 1.74. The molecule has 0 radical (unpaired) electrons. The number of anilines is 2. The van der Waals surface area contributed by atoms with Gasteiger partial charge in [0.15, 0.2) is 0 Å². The van der Waals surface area contributed by atoms with Crippen molar-refractivity contribution in [2.24, 2.45) is 0 Å². The fraction of sp³-hybridized carbons (Fsp3) is 0.600. The van der Waals surface area contributed by atoms with Crippen LogP contribution in [0.1, 0.15) is 26.7 Å². The van der Waals surface area contributed by atoms with Crippen molar-refractivity contribution in [1.29, 1.82) is 0 Å². The van der Waals surface area contributed by atoms with E-state index in [-0.39, 0.29) is 0 Å².